The minimum Gasteiger partial charge on any atom is -0.352 e. The molecule has 0 aromatic carbocycles. The van der Waals surface area contributed by atoms with E-state index in [0.29, 0.717) is 16.7 Å². The molecule has 116 valence electrons. The quantitative estimate of drug-likeness (QED) is 0.601. The molecular formula is C14H21N3O4. The number of nitrogens with zero attached hydrogens (tertiary/aromatic N) is 2. The Hall–Kier alpha value is -1.92. The van der Waals surface area contributed by atoms with Gasteiger partial charge in [0.1, 0.15) is 6.54 Å². The van der Waals surface area contributed by atoms with Gasteiger partial charge in [0, 0.05) is 13.1 Å². The Morgan fingerprint density at radius 3 is 2.43 bits per heavy atom. The third-order valence-electron chi connectivity index (χ3n) is 4.61. The predicted molar refractivity (Wildman–Crippen MR) is 74.0 cm³/mol. The van der Waals surface area contributed by atoms with Crippen molar-refractivity contribution >= 4 is 23.8 Å². The Kier molecular flexibility index (Phi) is 4.29. The lowest BCUT2D eigenvalue weighted by molar-refractivity contribution is -0.143. The van der Waals surface area contributed by atoms with E-state index in [1.807, 2.05) is 0 Å². The van der Waals surface area contributed by atoms with Gasteiger partial charge in [-0.25, -0.2) is 9.69 Å². The zero-order valence-corrected chi connectivity index (χ0v) is 12.6. The van der Waals surface area contributed by atoms with Crippen LogP contribution < -0.4 is 5.32 Å². The minimum atomic E-state index is -0.942. The highest BCUT2D eigenvalue weighted by Gasteiger charge is 2.43. The van der Waals surface area contributed by atoms with Crippen LogP contribution in [-0.4, -0.2) is 53.2 Å². The van der Waals surface area contributed by atoms with Crippen molar-refractivity contribution in [2.45, 2.75) is 39.2 Å². The summed E-state index contributed by atoms with van der Waals surface area (Å²) >= 11 is 0. The van der Waals surface area contributed by atoms with Crippen molar-refractivity contribution in [3.8, 4) is 0 Å². The average Bonchev–Trinajstić information content (AvgIpc) is 2.62. The number of amides is 5. The molecule has 1 saturated carbocycles. The summed E-state index contributed by atoms with van der Waals surface area (Å²) in [6.07, 6.45) is 3.10. The van der Waals surface area contributed by atoms with Crippen LogP contribution in [0.5, 0.6) is 0 Å². The smallest absolute Gasteiger partial charge is 0.334 e. The normalized spacial score (nSPS) is 30.0. The topological polar surface area (TPSA) is 86.8 Å². The lowest BCUT2D eigenvalue weighted by Gasteiger charge is -2.34. The molecule has 0 unspecified atom stereocenters. The molecule has 3 atom stereocenters. The summed E-state index contributed by atoms with van der Waals surface area (Å²) in [5.41, 5.74) is 0. The molecule has 5 amide bonds. The molecule has 2 fully saturated rings. The highest BCUT2D eigenvalue weighted by molar-refractivity contribution is 6.44. The van der Waals surface area contributed by atoms with Crippen molar-refractivity contribution in [3.05, 3.63) is 0 Å². The Balaban J connectivity index is 1.95. The monoisotopic (exact) mass is 295 g/mol. The molecule has 0 radical (unpaired) electrons. The molecule has 0 aromatic rings. The standard InChI is InChI=1S/C14H21N3O4/c1-8-5-4-6-10(9(8)2)15-11(18)7-17-13(20)12(19)16(3)14(17)21/h8-10H,4-7H2,1-3H3,(H,15,18)/t8-,9+,10+/m0/s1. The number of carbonyl (C=O) groups excluding carboxylic acids is 4. The number of hydrogen-bond donors (Lipinski definition) is 1. The summed E-state index contributed by atoms with van der Waals surface area (Å²) in [6.45, 7) is 3.85. The second-order valence-corrected chi connectivity index (χ2v) is 5.98. The fraction of sp³-hybridized carbons (Fsp3) is 0.714. The first-order valence-corrected chi connectivity index (χ1v) is 7.25. The molecule has 2 rings (SSSR count). The fourth-order valence-electron chi connectivity index (χ4n) is 2.93. The van der Waals surface area contributed by atoms with Crippen LogP contribution in [0.3, 0.4) is 0 Å². The summed E-state index contributed by atoms with van der Waals surface area (Å²) < 4.78 is 0. The number of nitrogens with one attached hydrogen (secondary N) is 1. The van der Waals surface area contributed by atoms with Gasteiger partial charge >= 0.3 is 17.8 Å². The van der Waals surface area contributed by atoms with Crippen LogP contribution in [0.1, 0.15) is 33.1 Å². The van der Waals surface area contributed by atoms with E-state index in [2.05, 4.69) is 19.2 Å². The average molecular weight is 295 g/mol. The summed E-state index contributed by atoms with van der Waals surface area (Å²) in [6, 6.07) is -0.687. The second kappa shape index (κ2) is 5.83. The van der Waals surface area contributed by atoms with E-state index in [1.54, 1.807) is 0 Å². The fourth-order valence-corrected chi connectivity index (χ4v) is 2.93. The van der Waals surface area contributed by atoms with E-state index < -0.39 is 30.3 Å². The van der Waals surface area contributed by atoms with Crippen molar-refractivity contribution in [1.29, 1.82) is 0 Å². The van der Waals surface area contributed by atoms with E-state index >= 15 is 0 Å². The third-order valence-corrected chi connectivity index (χ3v) is 4.61. The van der Waals surface area contributed by atoms with Crippen LogP contribution in [0, 0.1) is 11.8 Å². The molecule has 0 bridgehead atoms. The molecule has 0 spiro atoms. The van der Waals surface area contributed by atoms with Crippen molar-refractivity contribution in [2.75, 3.05) is 13.6 Å². The zero-order chi connectivity index (χ0) is 15.7. The first kappa shape index (κ1) is 15.5. The Labute approximate surface area is 123 Å². The SMILES string of the molecule is C[C@@H]1[C@@H](C)CCC[C@H]1NC(=O)CN1C(=O)C(=O)N(C)C1=O. The molecule has 1 N–H and O–H groups in total. The summed E-state index contributed by atoms with van der Waals surface area (Å²) in [5, 5.41) is 2.88. The van der Waals surface area contributed by atoms with Crippen LogP contribution in [0.25, 0.3) is 0 Å². The van der Waals surface area contributed by atoms with Gasteiger partial charge < -0.3 is 5.32 Å². The zero-order valence-electron chi connectivity index (χ0n) is 12.6. The lowest BCUT2D eigenvalue weighted by Crippen LogP contribution is -2.48. The molecule has 2 aliphatic rings. The molecule has 1 aliphatic heterocycles. The maximum atomic E-state index is 12.0. The van der Waals surface area contributed by atoms with Crippen molar-refractivity contribution in [3.63, 3.8) is 0 Å². The summed E-state index contributed by atoms with van der Waals surface area (Å²) in [4.78, 5) is 48.1. The molecule has 1 heterocycles. The van der Waals surface area contributed by atoms with Gasteiger partial charge in [0.2, 0.25) is 5.91 Å². The molecule has 0 aromatic heterocycles. The highest BCUT2D eigenvalue weighted by atomic mass is 16.2. The van der Waals surface area contributed by atoms with E-state index in [1.165, 1.54) is 7.05 Å². The number of rotatable bonds is 3. The van der Waals surface area contributed by atoms with Crippen molar-refractivity contribution in [1.82, 2.24) is 15.1 Å². The van der Waals surface area contributed by atoms with Crippen molar-refractivity contribution in [2.24, 2.45) is 11.8 Å². The van der Waals surface area contributed by atoms with Crippen LogP contribution in [0.2, 0.25) is 0 Å². The van der Waals surface area contributed by atoms with Crippen LogP contribution in [0.4, 0.5) is 4.79 Å². The molecule has 7 nitrogen and oxygen atoms in total. The van der Waals surface area contributed by atoms with E-state index in [-0.39, 0.29) is 6.04 Å². The largest absolute Gasteiger partial charge is 0.352 e. The molecule has 7 heteroatoms. The van der Waals surface area contributed by atoms with E-state index in [9.17, 15) is 19.2 Å². The summed E-state index contributed by atoms with van der Waals surface area (Å²) in [5.74, 6) is -1.34. The summed E-state index contributed by atoms with van der Waals surface area (Å²) in [7, 11) is 1.23. The first-order valence-electron chi connectivity index (χ1n) is 7.25. The van der Waals surface area contributed by atoms with E-state index in [0.717, 1.165) is 24.2 Å². The predicted octanol–water partition coefficient (Wildman–Crippen LogP) is 0.348. The Bertz CT molecular complexity index is 491. The maximum Gasteiger partial charge on any atom is 0.334 e. The van der Waals surface area contributed by atoms with Gasteiger partial charge in [-0.05, 0) is 18.3 Å². The number of hydrogen-bond acceptors (Lipinski definition) is 4. The number of urea groups is 1. The van der Waals surface area contributed by atoms with Crippen molar-refractivity contribution < 1.29 is 19.2 Å². The number of likely N-dealkylation sites (N-methyl/N-ethyl adjacent to an activating group) is 1. The van der Waals surface area contributed by atoms with Gasteiger partial charge in [-0.1, -0.05) is 26.7 Å². The molecule has 1 saturated heterocycles. The molecule has 21 heavy (non-hydrogen) atoms. The van der Waals surface area contributed by atoms with Gasteiger partial charge in [-0.2, -0.15) is 0 Å². The Morgan fingerprint density at radius 2 is 1.86 bits per heavy atom. The van der Waals surface area contributed by atoms with E-state index in [4.69, 9.17) is 0 Å². The van der Waals surface area contributed by atoms with Gasteiger partial charge in [0.15, 0.2) is 0 Å². The van der Waals surface area contributed by atoms with Crippen LogP contribution >= 0.6 is 0 Å². The van der Waals surface area contributed by atoms with Gasteiger partial charge in [0.25, 0.3) is 0 Å². The maximum absolute atomic E-state index is 12.0. The number of imide groups is 2. The molecule has 1 aliphatic carbocycles. The van der Waals surface area contributed by atoms with Gasteiger partial charge in [0.05, 0.1) is 0 Å². The Morgan fingerprint density at radius 1 is 1.19 bits per heavy atom. The lowest BCUT2D eigenvalue weighted by atomic mass is 9.78. The van der Waals surface area contributed by atoms with Gasteiger partial charge in [-0.3, -0.25) is 19.3 Å². The third kappa shape index (κ3) is 2.91. The highest BCUT2D eigenvalue weighted by Crippen LogP contribution is 2.29. The van der Waals surface area contributed by atoms with Gasteiger partial charge in [-0.15, -0.1) is 0 Å². The van der Waals surface area contributed by atoms with Crippen LogP contribution in [0.15, 0.2) is 0 Å². The molecular weight excluding hydrogens is 274 g/mol. The number of carbonyl (C=O) groups is 4. The van der Waals surface area contributed by atoms with Crippen LogP contribution in [-0.2, 0) is 14.4 Å². The minimum absolute atomic E-state index is 0.0579. The first-order chi connectivity index (χ1) is 9.82. The second-order valence-electron chi connectivity index (χ2n) is 5.98.